The lowest BCUT2D eigenvalue weighted by molar-refractivity contribution is -0.140. The molecule has 0 aliphatic carbocycles. The first-order chi connectivity index (χ1) is 15.2. The van der Waals surface area contributed by atoms with Gasteiger partial charge in [0.2, 0.25) is 5.91 Å². The minimum Gasteiger partial charge on any atom is -0.294 e. The van der Waals surface area contributed by atoms with Crippen molar-refractivity contribution in [3.8, 4) is 0 Å². The maximum atomic E-state index is 13.4. The van der Waals surface area contributed by atoms with Crippen LogP contribution in [0.25, 0.3) is 10.9 Å². The molecule has 0 unspecified atom stereocenters. The smallest absolute Gasteiger partial charge is 0.262 e. The summed E-state index contributed by atoms with van der Waals surface area (Å²) in [5, 5.41) is 2.72. The number of hydrogen-bond acceptors (Lipinski definition) is 5. The van der Waals surface area contributed by atoms with E-state index in [9.17, 15) is 19.2 Å². The van der Waals surface area contributed by atoms with Crippen molar-refractivity contribution in [3.63, 3.8) is 0 Å². The van der Waals surface area contributed by atoms with E-state index in [4.69, 9.17) is 0 Å². The molecular weight excluding hydrogens is 406 g/mol. The molecule has 7 heteroatoms. The summed E-state index contributed by atoms with van der Waals surface area (Å²) < 4.78 is 1.39. The van der Waals surface area contributed by atoms with E-state index < -0.39 is 11.4 Å². The van der Waals surface area contributed by atoms with Gasteiger partial charge in [0, 0.05) is 18.4 Å². The molecule has 0 spiro atoms. The molecule has 1 saturated heterocycles. The van der Waals surface area contributed by atoms with Crippen molar-refractivity contribution >= 4 is 28.5 Å². The maximum Gasteiger partial charge on any atom is 0.262 e. The van der Waals surface area contributed by atoms with Gasteiger partial charge in [0.15, 0.2) is 5.78 Å². The second kappa shape index (κ2) is 8.15. The van der Waals surface area contributed by atoms with E-state index in [0.29, 0.717) is 35.1 Å². The number of hydrogen-bond donors (Lipinski definition) is 1. The van der Waals surface area contributed by atoms with Crippen LogP contribution < -0.4 is 10.9 Å². The third-order valence-electron chi connectivity index (χ3n) is 6.19. The van der Waals surface area contributed by atoms with Crippen LogP contribution in [0.3, 0.4) is 0 Å². The molecule has 0 saturated carbocycles. The molecule has 164 valence electrons. The summed E-state index contributed by atoms with van der Waals surface area (Å²) >= 11 is 0. The fourth-order valence-electron chi connectivity index (χ4n) is 4.23. The molecule has 2 heterocycles. The first kappa shape index (κ1) is 21.6. The number of carbonyl (C=O) groups excluding carboxylic acids is 3. The SMILES string of the molecule is Cc1ccc(C(=O)CCc2ccc3nc(C)n([C@]4(C)CCC(=O)NC4=O)c(=O)c3c2)cc1. The van der Waals surface area contributed by atoms with Crippen LogP contribution in [0.5, 0.6) is 0 Å². The molecule has 1 aliphatic heterocycles. The van der Waals surface area contributed by atoms with E-state index in [1.54, 1.807) is 26.0 Å². The van der Waals surface area contributed by atoms with Gasteiger partial charge >= 0.3 is 0 Å². The predicted octanol–water partition coefficient (Wildman–Crippen LogP) is 2.98. The number of benzene rings is 2. The summed E-state index contributed by atoms with van der Waals surface area (Å²) in [7, 11) is 0. The van der Waals surface area contributed by atoms with Crippen molar-refractivity contribution in [2.75, 3.05) is 0 Å². The number of nitrogens with one attached hydrogen (secondary N) is 1. The normalized spacial score (nSPS) is 18.6. The van der Waals surface area contributed by atoms with E-state index >= 15 is 0 Å². The second-order valence-corrected chi connectivity index (χ2v) is 8.59. The van der Waals surface area contributed by atoms with E-state index in [1.165, 1.54) is 4.57 Å². The molecule has 1 fully saturated rings. The monoisotopic (exact) mass is 431 g/mol. The molecule has 0 radical (unpaired) electrons. The molecule has 7 nitrogen and oxygen atoms in total. The molecule has 0 bridgehead atoms. The number of ketones is 1. The zero-order chi connectivity index (χ0) is 23.0. The van der Waals surface area contributed by atoms with Crippen LogP contribution >= 0.6 is 0 Å². The van der Waals surface area contributed by atoms with Crippen molar-refractivity contribution in [2.24, 2.45) is 0 Å². The summed E-state index contributed by atoms with van der Waals surface area (Å²) in [5.74, 6) is -0.384. The lowest BCUT2D eigenvalue weighted by Crippen LogP contribution is -2.56. The van der Waals surface area contributed by atoms with Crippen LogP contribution in [-0.2, 0) is 21.5 Å². The third kappa shape index (κ3) is 3.86. The van der Waals surface area contributed by atoms with Gasteiger partial charge in [0.1, 0.15) is 11.4 Å². The van der Waals surface area contributed by atoms with Crippen LogP contribution in [0.2, 0.25) is 0 Å². The number of fused-ring (bicyclic) bond motifs is 1. The Hall–Kier alpha value is -3.61. The molecule has 1 N–H and O–H groups in total. The summed E-state index contributed by atoms with van der Waals surface area (Å²) in [5.41, 5.74) is 1.63. The third-order valence-corrected chi connectivity index (χ3v) is 6.19. The Morgan fingerprint density at radius 1 is 1.09 bits per heavy atom. The number of rotatable bonds is 5. The lowest BCUT2D eigenvalue weighted by atomic mass is 9.90. The fraction of sp³-hybridized carbons (Fsp3) is 0.320. The van der Waals surface area contributed by atoms with Crippen molar-refractivity contribution in [1.29, 1.82) is 0 Å². The maximum absolute atomic E-state index is 13.4. The number of imide groups is 1. The summed E-state index contributed by atoms with van der Waals surface area (Å²) in [6.45, 7) is 5.31. The average Bonchev–Trinajstić information content (AvgIpc) is 2.76. The van der Waals surface area contributed by atoms with Gasteiger partial charge in [-0.1, -0.05) is 35.9 Å². The standard InChI is InChI=1S/C25H25N3O4/c1-15-4-8-18(9-5-15)21(29)11-7-17-6-10-20-19(14-17)23(31)28(16(2)26-20)25(3)13-12-22(30)27-24(25)32/h4-6,8-10,14H,7,11-13H2,1-3H3,(H,27,30,32)/t25-/m1/s1. The molecule has 2 amide bonds. The van der Waals surface area contributed by atoms with Gasteiger partial charge in [-0.2, -0.15) is 0 Å². The number of amides is 2. The van der Waals surface area contributed by atoms with E-state index in [2.05, 4.69) is 10.3 Å². The van der Waals surface area contributed by atoms with Gasteiger partial charge in [-0.3, -0.25) is 29.1 Å². The minimum absolute atomic E-state index is 0.0422. The van der Waals surface area contributed by atoms with Gasteiger partial charge in [-0.05, 0) is 51.3 Å². The largest absolute Gasteiger partial charge is 0.294 e. The molecule has 2 aromatic carbocycles. The minimum atomic E-state index is -1.19. The van der Waals surface area contributed by atoms with E-state index in [-0.39, 0.29) is 30.1 Å². The number of carbonyl (C=O) groups is 3. The van der Waals surface area contributed by atoms with E-state index in [0.717, 1.165) is 11.1 Å². The first-order valence-corrected chi connectivity index (χ1v) is 10.7. The molecular formula is C25H25N3O4. The van der Waals surface area contributed by atoms with Crippen molar-refractivity contribution in [2.45, 2.75) is 52.0 Å². The number of aryl methyl sites for hydroxylation is 3. The van der Waals surface area contributed by atoms with Crippen LogP contribution in [0.15, 0.2) is 47.3 Å². The van der Waals surface area contributed by atoms with Gasteiger partial charge in [0.05, 0.1) is 10.9 Å². The zero-order valence-corrected chi connectivity index (χ0v) is 18.4. The van der Waals surface area contributed by atoms with Gasteiger partial charge in [-0.15, -0.1) is 0 Å². The van der Waals surface area contributed by atoms with Crippen molar-refractivity contribution in [3.05, 3.63) is 75.3 Å². The van der Waals surface area contributed by atoms with E-state index in [1.807, 2.05) is 37.3 Å². The molecule has 1 aromatic heterocycles. The highest BCUT2D eigenvalue weighted by Crippen LogP contribution is 2.27. The lowest BCUT2D eigenvalue weighted by Gasteiger charge is -2.34. The number of Topliss-reactive ketones (excluding diaryl/α,β-unsaturated/α-hetero) is 1. The van der Waals surface area contributed by atoms with Crippen molar-refractivity contribution in [1.82, 2.24) is 14.9 Å². The highest BCUT2D eigenvalue weighted by Gasteiger charge is 2.42. The van der Waals surface area contributed by atoms with Crippen LogP contribution in [0.1, 0.15) is 53.5 Å². The average molecular weight is 431 g/mol. The zero-order valence-electron chi connectivity index (χ0n) is 18.4. The Labute approximate surface area is 185 Å². The van der Waals surface area contributed by atoms with Crippen molar-refractivity contribution < 1.29 is 14.4 Å². The van der Waals surface area contributed by atoms with Gasteiger partial charge in [0.25, 0.3) is 11.5 Å². The summed E-state index contributed by atoms with van der Waals surface area (Å²) in [6, 6.07) is 12.9. The first-order valence-electron chi connectivity index (χ1n) is 10.7. The van der Waals surface area contributed by atoms with Crippen LogP contribution in [-0.4, -0.2) is 27.1 Å². The number of nitrogens with zero attached hydrogens (tertiary/aromatic N) is 2. The predicted molar refractivity (Wildman–Crippen MR) is 121 cm³/mol. The Morgan fingerprint density at radius 3 is 2.50 bits per heavy atom. The molecule has 1 aliphatic rings. The summed E-state index contributed by atoms with van der Waals surface area (Å²) in [4.78, 5) is 54.7. The number of piperidine rings is 1. The molecule has 3 aromatic rings. The highest BCUT2D eigenvalue weighted by atomic mass is 16.2. The Morgan fingerprint density at radius 2 is 1.81 bits per heavy atom. The second-order valence-electron chi connectivity index (χ2n) is 8.59. The Bertz CT molecular complexity index is 1310. The fourth-order valence-corrected chi connectivity index (χ4v) is 4.23. The quantitative estimate of drug-likeness (QED) is 0.495. The van der Waals surface area contributed by atoms with Gasteiger partial charge in [-0.25, -0.2) is 4.98 Å². The highest BCUT2D eigenvalue weighted by molar-refractivity contribution is 6.01. The Kier molecular flexibility index (Phi) is 5.50. The number of aromatic nitrogens is 2. The topological polar surface area (TPSA) is 98.1 Å². The summed E-state index contributed by atoms with van der Waals surface area (Å²) in [6.07, 6.45) is 1.20. The van der Waals surface area contributed by atoms with Crippen LogP contribution in [0.4, 0.5) is 0 Å². The molecule has 1 atom stereocenters. The molecule has 4 rings (SSSR count). The van der Waals surface area contributed by atoms with Crippen LogP contribution in [0, 0.1) is 13.8 Å². The molecule has 32 heavy (non-hydrogen) atoms. The van der Waals surface area contributed by atoms with Gasteiger partial charge < -0.3 is 0 Å². The Balaban J connectivity index is 1.66.